The summed E-state index contributed by atoms with van der Waals surface area (Å²) in [5, 5.41) is 2.95. The number of aromatic nitrogens is 1. The highest BCUT2D eigenvalue weighted by Gasteiger charge is 2.28. The molecule has 3 rings (SSSR count). The minimum Gasteiger partial charge on any atom is -0.320 e. The standard InChI is InChI=1S/C21H28N4O/c1-2-14-25(21(26)23-20-12-6-7-13-22-20)19-11-8-15-24(17-19)16-18-9-4-3-5-10-18/h3-7,9-10,12-13,19H,2,8,11,14-17H2,1H3,(H,22,23,26). The second kappa shape index (κ2) is 9.34. The van der Waals surface area contributed by atoms with Crippen LogP contribution < -0.4 is 5.32 Å². The molecule has 1 atom stereocenters. The van der Waals surface area contributed by atoms with Crippen LogP contribution in [0.4, 0.5) is 10.6 Å². The Labute approximate surface area is 156 Å². The van der Waals surface area contributed by atoms with E-state index < -0.39 is 0 Å². The van der Waals surface area contributed by atoms with E-state index in [-0.39, 0.29) is 12.1 Å². The minimum absolute atomic E-state index is 0.0443. The number of urea groups is 1. The van der Waals surface area contributed by atoms with Crippen LogP contribution in [-0.4, -0.2) is 46.5 Å². The zero-order valence-corrected chi connectivity index (χ0v) is 15.5. The number of pyridine rings is 1. The molecule has 1 unspecified atom stereocenters. The van der Waals surface area contributed by atoms with Gasteiger partial charge in [0.05, 0.1) is 0 Å². The van der Waals surface area contributed by atoms with Gasteiger partial charge in [-0.15, -0.1) is 0 Å². The molecule has 2 aromatic rings. The molecule has 1 aromatic heterocycles. The molecule has 0 bridgehead atoms. The molecule has 1 N–H and O–H groups in total. The van der Waals surface area contributed by atoms with Crippen LogP contribution in [0.25, 0.3) is 0 Å². The molecule has 0 saturated carbocycles. The highest BCUT2D eigenvalue weighted by molar-refractivity contribution is 5.88. The Morgan fingerprint density at radius 3 is 2.77 bits per heavy atom. The van der Waals surface area contributed by atoms with E-state index in [2.05, 4.69) is 46.4 Å². The third-order valence-corrected chi connectivity index (χ3v) is 4.80. The fourth-order valence-electron chi connectivity index (χ4n) is 3.58. The molecule has 1 aliphatic rings. The monoisotopic (exact) mass is 352 g/mol. The molecule has 26 heavy (non-hydrogen) atoms. The molecule has 1 fully saturated rings. The van der Waals surface area contributed by atoms with Gasteiger partial charge >= 0.3 is 6.03 Å². The van der Waals surface area contributed by atoms with Crippen molar-refractivity contribution in [2.24, 2.45) is 0 Å². The summed E-state index contributed by atoms with van der Waals surface area (Å²) in [6.45, 7) is 5.84. The molecule has 1 aliphatic heterocycles. The maximum atomic E-state index is 12.8. The summed E-state index contributed by atoms with van der Waals surface area (Å²) in [6.07, 6.45) is 4.82. The van der Waals surface area contributed by atoms with Crippen LogP contribution in [0, 0.1) is 0 Å². The number of hydrogen-bond acceptors (Lipinski definition) is 3. The van der Waals surface area contributed by atoms with Crippen LogP contribution in [0.15, 0.2) is 54.7 Å². The lowest BCUT2D eigenvalue weighted by Gasteiger charge is -2.39. The van der Waals surface area contributed by atoms with Crippen molar-refractivity contribution in [3.8, 4) is 0 Å². The average Bonchev–Trinajstić information content (AvgIpc) is 2.68. The van der Waals surface area contributed by atoms with E-state index >= 15 is 0 Å². The van der Waals surface area contributed by atoms with E-state index in [1.807, 2.05) is 29.2 Å². The maximum Gasteiger partial charge on any atom is 0.323 e. The fourth-order valence-corrected chi connectivity index (χ4v) is 3.58. The normalized spacial score (nSPS) is 17.7. The Morgan fingerprint density at radius 2 is 2.04 bits per heavy atom. The third kappa shape index (κ3) is 5.05. The van der Waals surface area contributed by atoms with Gasteiger partial charge in [0, 0.05) is 31.9 Å². The number of piperidine rings is 1. The zero-order valence-electron chi connectivity index (χ0n) is 15.5. The Hall–Kier alpha value is -2.40. The lowest BCUT2D eigenvalue weighted by Crippen LogP contribution is -2.51. The lowest BCUT2D eigenvalue weighted by molar-refractivity contribution is 0.113. The molecule has 0 spiro atoms. The Bertz CT molecular complexity index is 677. The SMILES string of the molecule is CCCN(C(=O)Nc1ccccn1)C1CCCN(Cc2ccccc2)C1. The Morgan fingerprint density at radius 1 is 1.23 bits per heavy atom. The topological polar surface area (TPSA) is 48.5 Å². The van der Waals surface area contributed by atoms with E-state index in [0.717, 1.165) is 45.4 Å². The highest BCUT2D eigenvalue weighted by atomic mass is 16.2. The molecule has 2 heterocycles. The smallest absolute Gasteiger partial charge is 0.320 e. The van der Waals surface area contributed by atoms with Crippen molar-refractivity contribution < 1.29 is 4.79 Å². The van der Waals surface area contributed by atoms with E-state index in [9.17, 15) is 4.79 Å². The second-order valence-electron chi connectivity index (χ2n) is 6.86. The van der Waals surface area contributed by atoms with Gasteiger partial charge in [-0.2, -0.15) is 0 Å². The lowest BCUT2D eigenvalue weighted by atomic mass is 10.0. The molecular formula is C21H28N4O. The van der Waals surface area contributed by atoms with E-state index in [0.29, 0.717) is 5.82 Å². The molecular weight excluding hydrogens is 324 g/mol. The second-order valence-corrected chi connectivity index (χ2v) is 6.86. The van der Waals surface area contributed by atoms with Gasteiger partial charge in [-0.3, -0.25) is 10.2 Å². The molecule has 138 valence electrons. The van der Waals surface area contributed by atoms with Crippen LogP contribution in [0.1, 0.15) is 31.7 Å². The van der Waals surface area contributed by atoms with Gasteiger partial charge in [0.1, 0.15) is 5.82 Å². The number of carbonyl (C=O) groups excluding carboxylic acids is 1. The van der Waals surface area contributed by atoms with Crippen molar-refractivity contribution >= 4 is 11.8 Å². The van der Waals surface area contributed by atoms with Crippen molar-refractivity contribution in [3.05, 3.63) is 60.3 Å². The van der Waals surface area contributed by atoms with Crippen molar-refractivity contribution in [1.82, 2.24) is 14.8 Å². The van der Waals surface area contributed by atoms with Crippen molar-refractivity contribution in [3.63, 3.8) is 0 Å². The summed E-state index contributed by atoms with van der Waals surface area (Å²) in [4.78, 5) is 21.5. The molecule has 0 radical (unpaired) electrons. The predicted molar refractivity (Wildman–Crippen MR) is 105 cm³/mol. The van der Waals surface area contributed by atoms with Crippen molar-refractivity contribution in [2.75, 3.05) is 25.0 Å². The number of carbonyl (C=O) groups is 1. The van der Waals surface area contributed by atoms with E-state index in [1.165, 1.54) is 5.56 Å². The molecule has 1 saturated heterocycles. The molecule has 5 nitrogen and oxygen atoms in total. The summed E-state index contributed by atoms with van der Waals surface area (Å²) >= 11 is 0. The number of likely N-dealkylation sites (tertiary alicyclic amines) is 1. The largest absolute Gasteiger partial charge is 0.323 e. The van der Waals surface area contributed by atoms with Crippen molar-refractivity contribution in [1.29, 1.82) is 0 Å². The van der Waals surface area contributed by atoms with Gasteiger partial charge in [-0.05, 0) is 43.5 Å². The van der Waals surface area contributed by atoms with Crippen LogP contribution in [0.2, 0.25) is 0 Å². The first kappa shape index (κ1) is 18.4. The molecule has 0 aliphatic carbocycles. The fraction of sp³-hybridized carbons (Fsp3) is 0.429. The van der Waals surface area contributed by atoms with Gasteiger partial charge in [0.25, 0.3) is 0 Å². The van der Waals surface area contributed by atoms with Gasteiger partial charge < -0.3 is 4.90 Å². The number of amides is 2. The third-order valence-electron chi connectivity index (χ3n) is 4.80. The average molecular weight is 352 g/mol. The maximum absolute atomic E-state index is 12.8. The predicted octanol–water partition coefficient (Wildman–Crippen LogP) is 3.99. The van der Waals surface area contributed by atoms with Gasteiger partial charge in [0.15, 0.2) is 0 Å². The highest BCUT2D eigenvalue weighted by Crippen LogP contribution is 2.19. The Balaban J connectivity index is 1.63. The minimum atomic E-state index is -0.0443. The zero-order chi connectivity index (χ0) is 18.2. The van der Waals surface area contributed by atoms with E-state index in [1.54, 1.807) is 6.20 Å². The summed E-state index contributed by atoms with van der Waals surface area (Å²) in [5.74, 6) is 0.607. The van der Waals surface area contributed by atoms with Gasteiger partial charge in [0.2, 0.25) is 0 Å². The number of anilines is 1. The number of benzene rings is 1. The van der Waals surface area contributed by atoms with Crippen LogP contribution >= 0.6 is 0 Å². The molecule has 5 heteroatoms. The Kier molecular flexibility index (Phi) is 6.61. The van der Waals surface area contributed by atoms with E-state index in [4.69, 9.17) is 0 Å². The molecule has 1 aromatic carbocycles. The quantitative estimate of drug-likeness (QED) is 0.855. The van der Waals surface area contributed by atoms with Crippen molar-refractivity contribution in [2.45, 2.75) is 38.8 Å². The number of rotatable bonds is 6. The summed E-state index contributed by atoms with van der Waals surface area (Å²) in [5.41, 5.74) is 1.33. The van der Waals surface area contributed by atoms with Gasteiger partial charge in [-0.1, -0.05) is 43.3 Å². The first-order valence-electron chi connectivity index (χ1n) is 9.51. The number of nitrogens with one attached hydrogen (secondary N) is 1. The first-order valence-corrected chi connectivity index (χ1v) is 9.51. The summed E-state index contributed by atoms with van der Waals surface area (Å²) < 4.78 is 0. The number of nitrogens with zero attached hydrogens (tertiary/aromatic N) is 3. The van der Waals surface area contributed by atoms with Crippen LogP contribution in [0.5, 0.6) is 0 Å². The first-order chi connectivity index (χ1) is 12.8. The molecule has 2 amide bonds. The van der Waals surface area contributed by atoms with Crippen LogP contribution in [-0.2, 0) is 6.54 Å². The summed E-state index contributed by atoms with van der Waals surface area (Å²) in [6, 6.07) is 16.3. The summed E-state index contributed by atoms with van der Waals surface area (Å²) in [7, 11) is 0. The van der Waals surface area contributed by atoms with Crippen LogP contribution in [0.3, 0.4) is 0 Å². The van der Waals surface area contributed by atoms with Gasteiger partial charge in [-0.25, -0.2) is 9.78 Å². The number of hydrogen-bond donors (Lipinski definition) is 1.